The SMILES string of the molecule is CN1CCC[C@H]1[C@H](Oc1cc(O[C@H]2CCN[C@H](CC#N)C2)nc(-c2noc(C(C)(C)c3c(F)cccc3F)n2)n1)C(F)(F)F. The monoisotopic (exact) mass is 621 g/mol. The number of piperidine rings is 1. The topological polar surface area (TPSA) is 122 Å². The second-order valence-electron chi connectivity index (χ2n) is 11.6. The fraction of sp³-hybridized carbons (Fsp3) is 0.552. The Kier molecular flexibility index (Phi) is 9.03. The molecular weight excluding hydrogens is 589 g/mol. The number of aromatic nitrogens is 4. The summed E-state index contributed by atoms with van der Waals surface area (Å²) in [5, 5.41) is 16.2. The van der Waals surface area contributed by atoms with Crippen molar-refractivity contribution in [1.29, 1.82) is 5.26 Å². The van der Waals surface area contributed by atoms with Crippen molar-refractivity contribution in [2.24, 2.45) is 0 Å². The molecule has 3 aromatic rings. The molecule has 4 heterocycles. The van der Waals surface area contributed by atoms with Gasteiger partial charge in [-0.15, -0.1) is 0 Å². The van der Waals surface area contributed by atoms with Crippen LogP contribution in [-0.2, 0) is 5.41 Å². The Morgan fingerprint density at radius 2 is 1.84 bits per heavy atom. The molecule has 2 aliphatic heterocycles. The molecule has 0 saturated carbocycles. The third kappa shape index (κ3) is 6.76. The molecule has 0 radical (unpaired) electrons. The van der Waals surface area contributed by atoms with Crippen LogP contribution in [0, 0.1) is 23.0 Å². The lowest BCUT2D eigenvalue weighted by Gasteiger charge is -2.31. The van der Waals surface area contributed by atoms with Crippen molar-refractivity contribution >= 4 is 0 Å². The second-order valence-corrected chi connectivity index (χ2v) is 11.6. The van der Waals surface area contributed by atoms with Gasteiger partial charge in [0.15, 0.2) is 0 Å². The van der Waals surface area contributed by atoms with Crippen LogP contribution in [0.4, 0.5) is 22.0 Å². The number of nitriles is 1. The zero-order valence-corrected chi connectivity index (χ0v) is 24.4. The molecule has 15 heteroatoms. The molecule has 2 saturated heterocycles. The first-order chi connectivity index (χ1) is 20.9. The quantitative estimate of drug-likeness (QED) is 0.329. The van der Waals surface area contributed by atoms with Crippen molar-refractivity contribution in [3.63, 3.8) is 0 Å². The van der Waals surface area contributed by atoms with Gasteiger partial charge in [0, 0.05) is 18.0 Å². The third-order valence-electron chi connectivity index (χ3n) is 8.00. The molecule has 0 bridgehead atoms. The van der Waals surface area contributed by atoms with E-state index in [9.17, 15) is 22.0 Å². The number of nitrogens with one attached hydrogen (secondary N) is 1. The first-order valence-electron chi connectivity index (χ1n) is 14.3. The summed E-state index contributed by atoms with van der Waals surface area (Å²) in [6, 6.07) is 5.68. The van der Waals surface area contributed by atoms with Crippen LogP contribution in [0.1, 0.15) is 57.4 Å². The van der Waals surface area contributed by atoms with Crippen molar-refractivity contribution in [2.45, 2.75) is 81.8 Å². The molecule has 5 rings (SSSR count). The smallest absolute Gasteiger partial charge is 0.427 e. The maximum Gasteiger partial charge on any atom is 0.427 e. The molecule has 1 aromatic carbocycles. The summed E-state index contributed by atoms with van der Waals surface area (Å²) < 4.78 is 89.0. The van der Waals surface area contributed by atoms with Crippen LogP contribution >= 0.6 is 0 Å². The summed E-state index contributed by atoms with van der Waals surface area (Å²) in [6.07, 6.45) is -5.13. The Labute approximate surface area is 250 Å². The van der Waals surface area contributed by atoms with E-state index in [0.717, 1.165) is 12.1 Å². The van der Waals surface area contributed by atoms with Crippen molar-refractivity contribution in [3.8, 4) is 29.5 Å². The number of alkyl halides is 3. The minimum atomic E-state index is -4.71. The summed E-state index contributed by atoms with van der Waals surface area (Å²) in [4.78, 5) is 14.4. The van der Waals surface area contributed by atoms with E-state index in [1.165, 1.54) is 26.0 Å². The van der Waals surface area contributed by atoms with E-state index in [4.69, 9.17) is 19.3 Å². The fourth-order valence-corrected chi connectivity index (χ4v) is 5.72. The molecule has 1 N–H and O–H groups in total. The number of halogens is 5. The molecule has 0 spiro atoms. The number of hydrogen-bond donors (Lipinski definition) is 1. The minimum absolute atomic E-state index is 0.0842. The maximum absolute atomic E-state index is 14.6. The zero-order valence-electron chi connectivity index (χ0n) is 24.4. The molecular formula is C29H32F5N7O3. The third-order valence-corrected chi connectivity index (χ3v) is 8.00. The summed E-state index contributed by atoms with van der Waals surface area (Å²) in [6.45, 7) is 4.04. The Balaban J connectivity index is 1.51. The van der Waals surface area contributed by atoms with Gasteiger partial charge >= 0.3 is 6.18 Å². The maximum atomic E-state index is 14.6. The highest BCUT2D eigenvalue weighted by Gasteiger charge is 2.50. The van der Waals surface area contributed by atoms with Gasteiger partial charge in [-0.1, -0.05) is 11.2 Å². The van der Waals surface area contributed by atoms with Gasteiger partial charge in [0.25, 0.3) is 0 Å². The lowest BCUT2D eigenvalue weighted by Crippen LogP contribution is -2.49. The molecule has 10 nitrogen and oxygen atoms in total. The van der Waals surface area contributed by atoms with Gasteiger partial charge in [-0.05, 0) is 65.4 Å². The Bertz CT molecular complexity index is 1490. The van der Waals surface area contributed by atoms with E-state index in [0.29, 0.717) is 32.4 Å². The number of rotatable bonds is 9. The number of hydrogen-bond acceptors (Lipinski definition) is 10. The Morgan fingerprint density at radius 3 is 2.50 bits per heavy atom. The van der Waals surface area contributed by atoms with Gasteiger partial charge < -0.3 is 19.3 Å². The van der Waals surface area contributed by atoms with Crippen LogP contribution in [0.15, 0.2) is 28.8 Å². The van der Waals surface area contributed by atoms with Crippen LogP contribution in [0.2, 0.25) is 0 Å². The lowest BCUT2D eigenvalue weighted by molar-refractivity contribution is -0.209. The number of nitrogens with zero attached hydrogens (tertiary/aromatic N) is 6. The lowest BCUT2D eigenvalue weighted by atomic mass is 9.83. The average Bonchev–Trinajstić information content (AvgIpc) is 3.61. The fourth-order valence-electron chi connectivity index (χ4n) is 5.72. The van der Waals surface area contributed by atoms with Gasteiger partial charge in [-0.2, -0.15) is 33.4 Å². The predicted octanol–water partition coefficient (Wildman–Crippen LogP) is 4.95. The molecule has 236 valence electrons. The standard InChI is InChI=1S/C29H32F5N7O3/c1-28(2,23-18(30)6-4-7-19(23)31)27-39-26(40-44-27)25-37-21(42-17-10-12-36-16(14-17)9-11-35)15-22(38-25)43-24(29(32,33)34)20-8-5-13-41(20)3/h4,6-7,15-17,20,24,36H,5,8-10,12-14H2,1-3H3/t16-,17+,20+,24+/m1/s1. The van der Waals surface area contributed by atoms with E-state index in [1.807, 2.05) is 0 Å². The first kappa shape index (κ1) is 31.5. The number of likely N-dealkylation sites (N-methyl/N-ethyl adjacent to an activating group) is 1. The van der Waals surface area contributed by atoms with Gasteiger partial charge in [-0.3, -0.25) is 4.90 Å². The van der Waals surface area contributed by atoms with Crippen molar-refractivity contribution in [1.82, 2.24) is 30.3 Å². The van der Waals surface area contributed by atoms with Crippen molar-refractivity contribution < 1.29 is 35.9 Å². The van der Waals surface area contributed by atoms with Crippen molar-refractivity contribution in [3.05, 3.63) is 47.4 Å². The predicted molar refractivity (Wildman–Crippen MR) is 146 cm³/mol. The zero-order chi connectivity index (χ0) is 31.6. The van der Waals surface area contributed by atoms with Crippen LogP contribution in [0.5, 0.6) is 11.8 Å². The van der Waals surface area contributed by atoms with Gasteiger partial charge in [-0.25, -0.2) is 8.78 Å². The Hall–Kier alpha value is -3.90. The average molecular weight is 622 g/mol. The Morgan fingerprint density at radius 1 is 1.11 bits per heavy atom. The molecule has 0 aliphatic carbocycles. The highest BCUT2D eigenvalue weighted by atomic mass is 19.4. The van der Waals surface area contributed by atoms with E-state index in [-0.39, 0.29) is 47.9 Å². The van der Waals surface area contributed by atoms with E-state index >= 15 is 0 Å². The minimum Gasteiger partial charge on any atom is -0.474 e. The first-order valence-corrected chi connectivity index (χ1v) is 14.3. The van der Waals surface area contributed by atoms with Crippen LogP contribution in [0.25, 0.3) is 11.6 Å². The number of likely N-dealkylation sites (tertiary alicyclic amines) is 1. The number of benzene rings is 1. The normalized spacial score (nSPS) is 22.0. The van der Waals surface area contributed by atoms with Crippen LogP contribution < -0.4 is 14.8 Å². The summed E-state index contributed by atoms with van der Waals surface area (Å²) in [7, 11) is 1.61. The summed E-state index contributed by atoms with van der Waals surface area (Å²) in [5.41, 5.74) is -1.73. The van der Waals surface area contributed by atoms with E-state index in [2.05, 4.69) is 31.5 Å². The molecule has 2 fully saturated rings. The highest BCUT2D eigenvalue weighted by Crippen LogP contribution is 2.36. The molecule has 0 amide bonds. The second kappa shape index (κ2) is 12.6. The van der Waals surface area contributed by atoms with Crippen LogP contribution in [0.3, 0.4) is 0 Å². The summed E-state index contributed by atoms with van der Waals surface area (Å²) >= 11 is 0. The van der Waals surface area contributed by atoms with Gasteiger partial charge in [0.1, 0.15) is 17.7 Å². The van der Waals surface area contributed by atoms with E-state index < -0.39 is 47.4 Å². The van der Waals surface area contributed by atoms with Crippen molar-refractivity contribution in [2.75, 3.05) is 20.1 Å². The molecule has 0 unspecified atom stereocenters. The summed E-state index contributed by atoms with van der Waals surface area (Å²) in [5.74, 6) is -2.81. The molecule has 2 aromatic heterocycles. The van der Waals surface area contributed by atoms with Gasteiger partial charge in [0.2, 0.25) is 35.4 Å². The number of ether oxygens (including phenoxy) is 2. The molecule has 44 heavy (non-hydrogen) atoms. The highest BCUT2D eigenvalue weighted by molar-refractivity contribution is 5.46. The largest absolute Gasteiger partial charge is 0.474 e. The van der Waals surface area contributed by atoms with E-state index in [1.54, 1.807) is 11.9 Å². The van der Waals surface area contributed by atoms with Gasteiger partial charge in [0.05, 0.1) is 30.0 Å². The molecule has 2 aliphatic rings. The molecule has 4 atom stereocenters. The van der Waals surface area contributed by atoms with Crippen LogP contribution in [-0.4, -0.2) is 75.6 Å².